The van der Waals surface area contributed by atoms with Crippen molar-refractivity contribution in [1.82, 2.24) is 5.32 Å². The standard InChI is InChI=1S/C23H22FNO4/c1-27-21-11-8-17(12-22(21)28-2)14-25-23(26)18-4-3-5-20(13-18)29-15-16-6-9-19(24)10-7-16/h3-13H,14-15H2,1-2H3,(H,25,26). The Morgan fingerprint density at radius 2 is 1.62 bits per heavy atom. The second-order valence-corrected chi connectivity index (χ2v) is 6.31. The molecule has 5 nitrogen and oxygen atoms in total. The Morgan fingerprint density at radius 1 is 0.897 bits per heavy atom. The Bertz CT molecular complexity index is 973. The highest BCUT2D eigenvalue weighted by atomic mass is 19.1. The van der Waals surface area contributed by atoms with Crippen LogP contribution in [0.4, 0.5) is 4.39 Å². The molecule has 0 aromatic heterocycles. The lowest BCUT2D eigenvalue weighted by molar-refractivity contribution is 0.0950. The molecule has 0 fully saturated rings. The molecule has 0 aliphatic rings. The van der Waals surface area contributed by atoms with E-state index in [0.717, 1.165) is 11.1 Å². The normalized spacial score (nSPS) is 10.3. The van der Waals surface area contributed by atoms with Crippen molar-refractivity contribution in [3.63, 3.8) is 0 Å². The number of amides is 1. The highest BCUT2D eigenvalue weighted by Crippen LogP contribution is 2.27. The Morgan fingerprint density at radius 3 is 2.34 bits per heavy atom. The summed E-state index contributed by atoms with van der Waals surface area (Å²) < 4.78 is 29.2. The van der Waals surface area contributed by atoms with Gasteiger partial charge in [0.05, 0.1) is 14.2 Å². The van der Waals surface area contributed by atoms with E-state index < -0.39 is 0 Å². The molecule has 3 rings (SSSR count). The van der Waals surface area contributed by atoms with E-state index in [2.05, 4.69) is 5.32 Å². The predicted molar refractivity (Wildman–Crippen MR) is 108 cm³/mol. The van der Waals surface area contributed by atoms with Crippen LogP contribution in [0.1, 0.15) is 21.5 Å². The topological polar surface area (TPSA) is 56.8 Å². The lowest BCUT2D eigenvalue weighted by Crippen LogP contribution is -2.22. The number of carbonyl (C=O) groups excluding carboxylic acids is 1. The molecular weight excluding hydrogens is 373 g/mol. The molecule has 0 heterocycles. The third-order valence-electron chi connectivity index (χ3n) is 4.32. The fraction of sp³-hybridized carbons (Fsp3) is 0.174. The molecule has 29 heavy (non-hydrogen) atoms. The first-order valence-corrected chi connectivity index (χ1v) is 9.05. The van der Waals surface area contributed by atoms with E-state index in [9.17, 15) is 9.18 Å². The molecular formula is C23H22FNO4. The van der Waals surface area contributed by atoms with Crippen molar-refractivity contribution in [1.29, 1.82) is 0 Å². The first-order valence-electron chi connectivity index (χ1n) is 9.05. The van der Waals surface area contributed by atoms with Gasteiger partial charge in [-0.3, -0.25) is 4.79 Å². The van der Waals surface area contributed by atoms with E-state index in [1.165, 1.54) is 12.1 Å². The van der Waals surface area contributed by atoms with E-state index in [4.69, 9.17) is 14.2 Å². The largest absolute Gasteiger partial charge is 0.493 e. The predicted octanol–water partition coefficient (Wildman–Crippen LogP) is 4.35. The number of benzene rings is 3. The van der Waals surface area contributed by atoms with Gasteiger partial charge in [-0.2, -0.15) is 0 Å². The van der Waals surface area contributed by atoms with Crippen LogP contribution in [-0.2, 0) is 13.2 Å². The molecule has 1 amide bonds. The first-order chi connectivity index (χ1) is 14.1. The van der Waals surface area contributed by atoms with Gasteiger partial charge >= 0.3 is 0 Å². The zero-order valence-electron chi connectivity index (χ0n) is 16.3. The summed E-state index contributed by atoms with van der Waals surface area (Å²) in [6.45, 7) is 0.636. The van der Waals surface area contributed by atoms with Crippen LogP contribution in [-0.4, -0.2) is 20.1 Å². The summed E-state index contributed by atoms with van der Waals surface area (Å²) in [6.07, 6.45) is 0. The number of carbonyl (C=O) groups is 1. The third-order valence-corrected chi connectivity index (χ3v) is 4.32. The van der Waals surface area contributed by atoms with Crippen LogP contribution < -0.4 is 19.5 Å². The van der Waals surface area contributed by atoms with Crippen LogP contribution in [0.3, 0.4) is 0 Å². The Hall–Kier alpha value is -3.54. The second-order valence-electron chi connectivity index (χ2n) is 6.31. The summed E-state index contributed by atoms with van der Waals surface area (Å²) in [5, 5.41) is 2.88. The molecule has 0 aliphatic heterocycles. The highest BCUT2D eigenvalue weighted by Gasteiger charge is 2.09. The van der Waals surface area contributed by atoms with Gasteiger partial charge in [0.25, 0.3) is 5.91 Å². The van der Waals surface area contributed by atoms with Gasteiger partial charge in [0.15, 0.2) is 11.5 Å². The minimum absolute atomic E-state index is 0.216. The fourth-order valence-electron chi connectivity index (χ4n) is 2.75. The van der Waals surface area contributed by atoms with Gasteiger partial charge in [0.2, 0.25) is 0 Å². The van der Waals surface area contributed by atoms with Gasteiger partial charge in [0.1, 0.15) is 18.2 Å². The summed E-state index contributed by atoms with van der Waals surface area (Å²) in [4.78, 5) is 12.5. The van der Waals surface area contributed by atoms with Crippen LogP contribution >= 0.6 is 0 Å². The third kappa shape index (κ3) is 5.48. The smallest absolute Gasteiger partial charge is 0.251 e. The van der Waals surface area contributed by atoms with Gasteiger partial charge in [-0.05, 0) is 53.6 Å². The molecule has 0 spiro atoms. The molecule has 6 heteroatoms. The summed E-state index contributed by atoms with van der Waals surface area (Å²) in [7, 11) is 3.14. The average Bonchev–Trinajstić information content (AvgIpc) is 2.77. The van der Waals surface area contributed by atoms with Crippen LogP contribution in [0.2, 0.25) is 0 Å². The minimum Gasteiger partial charge on any atom is -0.493 e. The van der Waals surface area contributed by atoms with Crippen LogP contribution in [0.25, 0.3) is 0 Å². The average molecular weight is 395 g/mol. The maximum Gasteiger partial charge on any atom is 0.251 e. The van der Waals surface area contributed by atoms with E-state index in [-0.39, 0.29) is 18.3 Å². The molecule has 0 aliphatic carbocycles. The molecule has 0 atom stereocenters. The molecule has 0 saturated heterocycles. The van der Waals surface area contributed by atoms with Crippen molar-refractivity contribution in [3.8, 4) is 17.2 Å². The monoisotopic (exact) mass is 395 g/mol. The Balaban J connectivity index is 1.59. The number of methoxy groups -OCH3 is 2. The van der Waals surface area contributed by atoms with Gasteiger partial charge < -0.3 is 19.5 Å². The SMILES string of the molecule is COc1ccc(CNC(=O)c2cccc(OCc3ccc(F)cc3)c2)cc1OC. The quantitative estimate of drug-likeness (QED) is 0.616. The summed E-state index contributed by atoms with van der Waals surface area (Å²) >= 11 is 0. The lowest BCUT2D eigenvalue weighted by Gasteiger charge is -2.11. The molecule has 3 aromatic carbocycles. The number of nitrogens with one attached hydrogen (secondary N) is 1. The van der Waals surface area contributed by atoms with Crippen LogP contribution in [0.15, 0.2) is 66.7 Å². The van der Waals surface area contributed by atoms with Gasteiger partial charge in [-0.15, -0.1) is 0 Å². The summed E-state index contributed by atoms with van der Waals surface area (Å²) in [5.41, 5.74) is 2.22. The molecule has 150 valence electrons. The van der Waals surface area contributed by atoms with Crippen LogP contribution in [0.5, 0.6) is 17.2 Å². The summed E-state index contributed by atoms with van der Waals surface area (Å²) in [6, 6.07) is 18.5. The number of hydrogen-bond acceptors (Lipinski definition) is 4. The zero-order chi connectivity index (χ0) is 20.6. The van der Waals surface area contributed by atoms with E-state index >= 15 is 0 Å². The molecule has 0 unspecified atom stereocenters. The van der Waals surface area contributed by atoms with Gasteiger partial charge in [-0.25, -0.2) is 4.39 Å². The molecule has 0 saturated carbocycles. The molecule has 3 aromatic rings. The van der Waals surface area contributed by atoms with Crippen molar-refractivity contribution in [3.05, 3.63) is 89.2 Å². The second kappa shape index (κ2) is 9.59. The maximum atomic E-state index is 13.0. The van der Waals surface area contributed by atoms with Crippen molar-refractivity contribution < 1.29 is 23.4 Å². The fourth-order valence-corrected chi connectivity index (χ4v) is 2.75. The number of ether oxygens (including phenoxy) is 3. The molecule has 0 radical (unpaired) electrons. The number of halogens is 1. The van der Waals surface area contributed by atoms with Crippen molar-refractivity contribution in [2.45, 2.75) is 13.2 Å². The first kappa shape index (κ1) is 20.2. The van der Waals surface area contributed by atoms with Crippen molar-refractivity contribution >= 4 is 5.91 Å². The highest BCUT2D eigenvalue weighted by molar-refractivity contribution is 5.94. The van der Waals surface area contributed by atoms with Gasteiger partial charge in [-0.1, -0.05) is 24.3 Å². The number of hydrogen-bond donors (Lipinski definition) is 1. The lowest BCUT2D eigenvalue weighted by atomic mass is 10.1. The maximum absolute atomic E-state index is 13.0. The van der Waals surface area contributed by atoms with Crippen molar-refractivity contribution in [2.24, 2.45) is 0 Å². The van der Waals surface area contributed by atoms with Gasteiger partial charge in [0, 0.05) is 12.1 Å². The van der Waals surface area contributed by atoms with Crippen LogP contribution in [0, 0.1) is 5.82 Å². The Kier molecular flexibility index (Phi) is 6.68. The minimum atomic E-state index is -0.290. The van der Waals surface area contributed by atoms with E-state index in [1.807, 2.05) is 12.1 Å². The van der Waals surface area contributed by atoms with E-state index in [0.29, 0.717) is 29.4 Å². The molecule has 1 N–H and O–H groups in total. The Labute approximate surface area is 169 Å². The number of rotatable bonds is 8. The summed E-state index contributed by atoms with van der Waals surface area (Å²) in [5.74, 6) is 1.30. The zero-order valence-corrected chi connectivity index (χ0v) is 16.3. The van der Waals surface area contributed by atoms with E-state index in [1.54, 1.807) is 56.7 Å². The molecule has 0 bridgehead atoms. The van der Waals surface area contributed by atoms with Crippen molar-refractivity contribution in [2.75, 3.05) is 14.2 Å².